The van der Waals surface area contributed by atoms with Crippen LogP contribution in [0.5, 0.6) is 0 Å². The van der Waals surface area contributed by atoms with Crippen LogP contribution < -0.4 is 5.32 Å². The maximum absolute atomic E-state index is 11.8. The van der Waals surface area contributed by atoms with Crippen molar-refractivity contribution in [3.63, 3.8) is 0 Å². The van der Waals surface area contributed by atoms with Gasteiger partial charge in [-0.05, 0) is 18.9 Å². The SMILES string of the molecule is C=CC(=O)NCC(=O)OC1C2OC(=O)C3CC1(C#N)CC32. The molecular weight excluding hydrogens is 276 g/mol. The molecule has 0 aromatic heterocycles. The second-order valence-electron chi connectivity index (χ2n) is 5.68. The van der Waals surface area contributed by atoms with E-state index in [1.54, 1.807) is 0 Å². The molecule has 7 nitrogen and oxygen atoms in total. The van der Waals surface area contributed by atoms with Gasteiger partial charge in [-0.25, -0.2) is 0 Å². The number of amides is 1. The largest absolute Gasteiger partial charge is 0.458 e. The van der Waals surface area contributed by atoms with Crippen LogP contribution in [-0.2, 0) is 23.9 Å². The van der Waals surface area contributed by atoms with E-state index in [0.29, 0.717) is 12.8 Å². The van der Waals surface area contributed by atoms with Crippen LogP contribution in [0.3, 0.4) is 0 Å². The molecule has 1 heterocycles. The first-order chi connectivity index (χ1) is 10.0. The predicted molar refractivity (Wildman–Crippen MR) is 67.2 cm³/mol. The third-order valence-corrected chi connectivity index (χ3v) is 4.59. The van der Waals surface area contributed by atoms with Crippen molar-refractivity contribution in [3.05, 3.63) is 12.7 Å². The molecule has 2 aliphatic carbocycles. The summed E-state index contributed by atoms with van der Waals surface area (Å²) in [6.45, 7) is 2.96. The van der Waals surface area contributed by atoms with Gasteiger partial charge in [-0.3, -0.25) is 14.4 Å². The Morgan fingerprint density at radius 1 is 1.57 bits per heavy atom. The van der Waals surface area contributed by atoms with Gasteiger partial charge in [0, 0.05) is 5.92 Å². The number of hydrogen-bond acceptors (Lipinski definition) is 6. The average Bonchev–Trinajstić information content (AvgIpc) is 3.06. The Morgan fingerprint density at radius 3 is 3.00 bits per heavy atom. The van der Waals surface area contributed by atoms with Crippen molar-refractivity contribution in [3.8, 4) is 6.07 Å². The van der Waals surface area contributed by atoms with Gasteiger partial charge in [-0.15, -0.1) is 0 Å². The van der Waals surface area contributed by atoms with Crippen LogP contribution >= 0.6 is 0 Å². The summed E-state index contributed by atoms with van der Waals surface area (Å²) in [4.78, 5) is 34.5. The molecule has 3 fully saturated rings. The molecule has 1 aliphatic heterocycles. The van der Waals surface area contributed by atoms with E-state index in [4.69, 9.17) is 9.47 Å². The van der Waals surface area contributed by atoms with Crippen molar-refractivity contribution in [2.24, 2.45) is 17.3 Å². The lowest BCUT2D eigenvalue weighted by Crippen LogP contribution is -2.43. The third-order valence-electron chi connectivity index (χ3n) is 4.59. The molecule has 7 heteroatoms. The molecule has 5 atom stereocenters. The van der Waals surface area contributed by atoms with Crippen LogP contribution in [0.4, 0.5) is 0 Å². The van der Waals surface area contributed by atoms with E-state index >= 15 is 0 Å². The standard InChI is InChI=1S/C14H14N2O5/c1-2-9(17)16-5-10(18)20-12-11-7-3-14(12,6-15)4-8(7)13(19)21-11/h2,7-8,11-12H,1,3-5H2,(H,16,17). The monoisotopic (exact) mass is 290 g/mol. The highest BCUT2D eigenvalue weighted by Gasteiger charge is 2.71. The van der Waals surface area contributed by atoms with E-state index in [1.807, 2.05) is 0 Å². The highest BCUT2D eigenvalue weighted by Crippen LogP contribution is 2.62. The molecule has 1 saturated heterocycles. The molecular formula is C14H14N2O5. The molecule has 110 valence electrons. The van der Waals surface area contributed by atoms with Gasteiger partial charge in [-0.2, -0.15) is 5.26 Å². The maximum atomic E-state index is 11.8. The number of fused-ring (bicyclic) bond motifs is 1. The summed E-state index contributed by atoms with van der Waals surface area (Å²) in [5.41, 5.74) is -0.843. The first kappa shape index (κ1) is 13.6. The van der Waals surface area contributed by atoms with E-state index in [2.05, 4.69) is 18.0 Å². The van der Waals surface area contributed by atoms with Crippen LogP contribution in [0, 0.1) is 28.6 Å². The van der Waals surface area contributed by atoms with Gasteiger partial charge in [0.1, 0.15) is 12.6 Å². The molecule has 3 aliphatic rings. The summed E-state index contributed by atoms with van der Waals surface area (Å²) in [7, 11) is 0. The zero-order chi connectivity index (χ0) is 15.2. The molecule has 0 radical (unpaired) electrons. The molecule has 0 aromatic carbocycles. The number of hydrogen-bond donors (Lipinski definition) is 1. The number of esters is 2. The predicted octanol–water partition coefficient (Wildman–Crippen LogP) is -0.324. The summed E-state index contributed by atoms with van der Waals surface area (Å²) in [5, 5.41) is 11.8. The topological polar surface area (TPSA) is 105 Å². The van der Waals surface area contributed by atoms with E-state index in [-0.39, 0.29) is 24.3 Å². The number of nitriles is 1. The number of nitrogens with zero attached hydrogens (tertiary/aromatic N) is 1. The van der Waals surface area contributed by atoms with E-state index in [0.717, 1.165) is 6.08 Å². The van der Waals surface area contributed by atoms with Crippen molar-refractivity contribution >= 4 is 17.8 Å². The highest BCUT2D eigenvalue weighted by atomic mass is 16.6. The molecule has 5 unspecified atom stereocenters. The molecule has 21 heavy (non-hydrogen) atoms. The Hall–Kier alpha value is -2.36. The summed E-state index contributed by atoms with van der Waals surface area (Å²) in [6, 6.07) is 2.21. The summed E-state index contributed by atoms with van der Waals surface area (Å²) < 4.78 is 10.6. The minimum atomic E-state index is -0.843. The van der Waals surface area contributed by atoms with Crippen molar-refractivity contribution in [1.29, 1.82) is 5.26 Å². The molecule has 1 N–H and O–H groups in total. The number of rotatable bonds is 4. The number of carbonyl (C=O) groups is 3. The number of ether oxygens (including phenoxy) is 2. The zero-order valence-electron chi connectivity index (χ0n) is 11.2. The molecule has 1 amide bonds. The smallest absolute Gasteiger partial charge is 0.325 e. The Kier molecular flexibility index (Phi) is 2.97. The van der Waals surface area contributed by atoms with Crippen LogP contribution in [0.15, 0.2) is 12.7 Å². The van der Waals surface area contributed by atoms with Crippen molar-refractivity contribution in [2.75, 3.05) is 6.54 Å². The first-order valence-corrected chi connectivity index (χ1v) is 6.72. The quantitative estimate of drug-likeness (QED) is 0.561. The molecule has 2 bridgehead atoms. The Balaban J connectivity index is 1.70. The van der Waals surface area contributed by atoms with Crippen LogP contribution in [0.25, 0.3) is 0 Å². The van der Waals surface area contributed by atoms with Crippen molar-refractivity contribution in [2.45, 2.75) is 25.0 Å². The fraction of sp³-hybridized carbons (Fsp3) is 0.571. The average molecular weight is 290 g/mol. The summed E-state index contributed by atoms with van der Waals surface area (Å²) >= 11 is 0. The minimum Gasteiger partial charge on any atom is -0.458 e. The van der Waals surface area contributed by atoms with E-state index in [9.17, 15) is 19.6 Å². The molecule has 0 spiro atoms. The lowest BCUT2D eigenvalue weighted by molar-refractivity contribution is -0.163. The normalized spacial score (nSPS) is 38.5. The Morgan fingerprint density at radius 2 is 2.33 bits per heavy atom. The zero-order valence-corrected chi connectivity index (χ0v) is 11.2. The van der Waals surface area contributed by atoms with Gasteiger partial charge in [0.05, 0.1) is 17.4 Å². The van der Waals surface area contributed by atoms with Crippen LogP contribution in [0.2, 0.25) is 0 Å². The Bertz CT molecular complexity index is 580. The lowest BCUT2D eigenvalue weighted by atomic mass is 9.79. The highest BCUT2D eigenvalue weighted by molar-refractivity contribution is 5.89. The first-order valence-electron chi connectivity index (χ1n) is 6.72. The second-order valence-corrected chi connectivity index (χ2v) is 5.68. The molecule has 2 saturated carbocycles. The minimum absolute atomic E-state index is 0.0438. The van der Waals surface area contributed by atoms with Gasteiger partial charge in [-0.1, -0.05) is 6.58 Å². The second kappa shape index (κ2) is 4.58. The van der Waals surface area contributed by atoms with Gasteiger partial charge in [0.15, 0.2) is 6.10 Å². The maximum Gasteiger partial charge on any atom is 0.325 e. The van der Waals surface area contributed by atoms with Gasteiger partial charge >= 0.3 is 11.9 Å². The summed E-state index contributed by atoms with van der Waals surface area (Å²) in [6.07, 6.45) is 0.658. The van der Waals surface area contributed by atoms with Gasteiger partial charge in [0.25, 0.3) is 0 Å². The lowest BCUT2D eigenvalue weighted by Gasteiger charge is -2.30. The van der Waals surface area contributed by atoms with Crippen molar-refractivity contribution < 1.29 is 23.9 Å². The van der Waals surface area contributed by atoms with Gasteiger partial charge < -0.3 is 14.8 Å². The third kappa shape index (κ3) is 1.90. The van der Waals surface area contributed by atoms with Crippen molar-refractivity contribution in [1.82, 2.24) is 5.32 Å². The van der Waals surface area contributed by atoms with Crippen LogP contribution in [-0.4, -0.2) is 36.6 Å². The number of nitrogens with one attached hydrogen (secondary N) is 1. The molecule has 3 rings (SSSR count). The fourth-order valence-electron chi connectivity index (χ4n) is 3.68. The van der Waals surface area contributed by atoms with E-state index < -0.39 is 29.5 Å². The Labute approximate surface area is 120 Å². The number of carbonyl (C=O) groups excluding carboxylic acids is 3. The summed E-state index contributed by atoms with van der Waals surface area (Å²) in [5.74, 6) is -1.73. The van der Waals surface area contributed by atoms with E-state index in [1.165, 1.54) is 0 Å². The fourth-order valence-corrected chi connectivity index (χ4v) is 3.68. The molecule has 0 aromatic rings. The van der Waals surface area contributed by atoms with Crippen LogP contribution in [0.1, 0.15) is 12.8 Å². The van der Waals surface area contributed by atoms with Gasteiger partial charge in [0.2, 0.25) is 5.91 Å².